The molecule has 178 valence electrons. The molecule has 8 heteroatoms. The number of hydrogen-bond donors (Lipinski definition) is 2. The fourth-order valence-electron chi connectivity index (χ4n) is 3.71. The van der Waals surface area contributed by atoms with Gasteiger partial charge >= 0.3 is 5.97 Å². The number of aromatic nitrogens is 2. The van der Waals surface area contributed by atoms with Gasteiger partial charge in [0.2, 0.25) is 0 Å². The Bertz CT molecular complexity index is 1430. The second-order valence-electron chi connectivity index (χ2n) is 7.94. The normalized spacial score (nSPS) is 10.8. The van der Waals surface area contributed by atoms with Crippen LogP contribution in [0.2, 0.25) is 0 Å². The Labute approximate surface area is 201 Å². The van der Waals surface area contributed by atoms with Gasteiger partial charge in [0.25, 0.3) is 5.56 Å². The molecule has 0 fully saturated rings. The molecule has 0 saturated heterocycles. The molecule has 0 aliphatic carbocycles. The van der Waals surface area contributed by atoms with Crippen LogP contribution in [-0.2, 0) is 12.8 Å². The van der Waals surface area contributed by atoms with Crippen LogP contribution in [0.25, 0.3) is 10.9 Å². The highest BCUT2D eigenvalue weighted by Gasteiger charge is 2.15. The molecule has 1 aromatic heterocycles. The van der Waals surface area contributed by atoms with Crippen molar-refractivity contribution < 1.29 is 24.2 Å². The van der Waals surface area contributed by atoms with Gasteiger partial charge in [0.15, 0.2) is 11.6 Å². The van der Waals surface area contributed by atoms with Gasteiger partial charge in [-0.15, -0.1) is 0 Å². The zero-order chi connectivity index (χ0) is 24.8. The summed E-state index contributed by atoms with van der Waals surface area (Å²) in [4.78, 5) is 43.5. The number of carbonyl (C=O) groups excluding carboxylic acids is 1. The second-order valence-corrected chi connectivity index (χ2v) is 7.94. The largest absolute Gasteiger partial charge is 0.497 e. The molecule has 0 saturated carbocycles. The zero-order valence-corrected chi connectivity index (χ0v) is 19.1. The van der Waals surface area contributed by atoms with Crippen LogP contribution in [0.1, 0.15) is 38.5 Å². The zero-order valence-electron chi connectivity index (χ0n) is 19.1. The Kier molecular flexibility index (Phi) is 7.21. The number of ketones is 1. The minimum Gasteiger partial charge on any atom is -0.497 e. The van der Waals surface area contributed by atoms with E-state index < -0.39 is 11.5 Å². The lowest BCUT2D eigenvalue weighted by molar-refractivity contribution is 0.0696. The van der Waals surface area contributed by atoms with E-state index in [1.54, 1.807) is 37.4 Å². The number of carboxylic acids is 1. The van der Waals surface area contributed by atoms with Crippen molar-refractivity contribution in [1.82, 2.24) is 9.97 Å². The fraction of sp³-hybridized carbons (Fsp3) is 0.185. The van der Waals surface area contributed by atoms with E-state index >= 15 is 0 Å². The van der Waals surface area contributed by atoms with E-state index in [1.807, 2.05) is 24.3 Å². The molecule has 0 aliphatic heterocycles. The number of rotatable bonds is 10. The summed E-state index contributed by atoms with van der Waals surface area (Å²) in [6, 6.07) is 19.1. The van der Waals surface area contributed by atoms with E-state index in [1.165, 1.54) is 12.1 Å². The molecular formula is C27H24N2O6. The van der Waals surface area contributed by atoms with Gasteiger partial charge in [0.05, 0.1) is 24.8 Å². The predicted molar refractivity (Wildman–Crippen MR) is 131 cm³/mol. The summed E-state index contributed by atoms with van der Waals surface area (Å²) in [5.74, 6) is -0.136. The van der Waals surface area contributed by atoms with Crippen molar-refractivity contribution in [3.05, 3.63) is 99.6 Å². The highest BCUT2D eigenvalue weighted by Crippen LogP contribution is 2.22. The van der Waals surface area contributed by atoms with E-state index in [9.17, 15) is 14.4 Å². The molecule has 0 bridgehead atoms. The molecule has 0 aliphatic rings. The molecular weight excluding hydrogens is 448 g/mol. The van der Waals surface area contributed by atoms with Gasteiger partial charge in [-0.2, -0.15) is 0 Å². The van der Waals surface area contributed by atoms with Gasteiger partial charge in [0, 0.05) is 12.8 Å². The van der Waals surface area contributed by atoms with Crippen molar-refractivity contribution in [2.24, 2.45) is 0 Å². The third-order valence-electron chi connectivity index (χ3n) is 5.58. The van der Waals surface area contributed by atoms with Gasteiger partial charge in [-0.25, -0.2) is 9.78 Å². The monoisotopic (exact) mass is 472 g/mol. The maximum atomic E-state index is 12.8. The Morgan fingerprint density at radius 3 is 2.49 bits per heavy atom. The molecule has 4 rings (SSSR count). The molecule has 1 heterocycles. The van der Waals surface area contributed by atoms with E-state index in [0.717, 1.165) is 16.9 Å². The summed E-state index contributed by atoms with van der Waals surface area (Å²) < 4.78 is 11.0. The van der Waals surface area contributed by atoms with Crippen LogP contribution in [-0.4, -0.2) is 40.5 Å². The fourth-order valence-corrected chi connectivity index (χ4v) is 3.71. The summed E-state index contributed by atoms with van der Waals surface area (Å²) in [5.41, 5.74) is 2.01. The molecule has 8 nitrogen and oxygen atoms in total. The van der Waals surface area contributed by atoms with Crippen molar-refractivity contribution in [2.45, 2.75) is 19.3 Å². The van der Waals surface area contributed by atoms with E-state index in [4.69, 9.17) is 14.6 Å². The lowest BCUT2D eigenvalue weighted by Crippen LogP contribution is -2.17. The third-order valence-corrected chi connectivity index (χ3v) is 5.58. The van der Waals surface area contributed by atoms with Gasteiger partial charge in [0.1, 0.15) is 16.9 Å². The smallest absolute Gasteiger partial charge is 0.335 e. The Morgan fingerprint density at radius 2 is 1.74 bits per heavy atom. The average Bonchev–Trinajstić information content (AvgIpc) is 2.87. The molecule has 2 N–H and O–H groups in total. The lowest BCUT2D eigenvalue weighted by atomic mass is 10.1. The minimum absolute atomic E-state index is 0.0149. The third kappa shape index (κ3) is 5.73. The van der Waals surface area contributed by atoms with Crippen molar-refractivity contribution in [3.8, 4) is 11.5 Å². The Hall–Kier alpha value is -4.46. The molecule has 0 spiro atoms. The summed E-state index contributed by atoms with van der Waals surface area (Å²) in [6.45, 7) is 0.284. The lowest BCUT2D eigenvalue weighted by Gasteiger charge is -2.10. The van der Waals surface area contributed by atoms with Crippen LogP contribution in [0, 0.1) is 0 Å². The SMILES string of the molecule is COc1cccc(CCC(=O)c2nc3cccc(OCCc4ccc(C(=O)O)cc4)c3c(=O)[nH]2)c1. The summed E-state index contributed by atoms with van der Waals surface area (Å²) in [7, 11) is 1.59. The standard InChI is InChI=1S/C27H24N2O6/c1-34-20-5-2-4-18(16-20)10-13-22(30)25-28-21-6-3-7-23(24(21)26(31)29-25)35-15-14-17-8-11-19(12-9-17)27(32)33/h2-9,11-12,16H,10,13-15H2,1H3,(H,32,33)(H,28,29,31). The molecule has 3 aromatic carbocycles. The number of aromatic amines is 1. The maximum Gasteiger partial charge on any atom is 0.335 e. The maximum absolute atomic E-state index is 12.8. The van der Waals surface area contributed by atoms with Crippen LogP contribution in [0.4, 0.5) is 0 Å². The highest BCUT2D eigenvalue weighted by atomic mass is 16.5. The van der Waals surface area contributed by atoms with E-state index in [0.29, 0.717) is 24.1 Å². The number of Topliss-reactive ketones (excluding diaryl/α,β-unsaturated/α-hetero) is 1. The summed E-state index contributed by atoms with van der Waals surface area (Å²) in [6.07, 6.45) is 1.22. The van der Waals surface area contributed by atoms with Gasteiger partial charge in [-0.3, -0.25) is 9.59 Å². The number of nitrogens with one attached hydrogen (secondary N) is 1. The molecule has 0 amide bonds. The van der Waals surface area contributed by atoms with Crippen molar-refractivity contribution in [1.29, 1.82) is 0 Å². The number of carbonyl (C=O) groups is 2. The number of H-pyrrole nitrogens is 1. The van der Waals surface area contributed by atoms with Crippen LogP contribution in [0.15, 0.2) is 71.5 Å². The number of ether oxygens (including phenoxy) is 2. The average molecular weight is 472 g/mol. The van der Waals surface area contributed by atoms with Crippen LogP contribution < -0.4 is 15.0 Å². The van der Waals surface area contributed by atoms with E-state index in [2.05, 4.69) is 9.97 Å². The first-order chi connectivity index (χ1) is 16.9. The second kappa shape index (κ2) is 10.6. The number of aromatic carboxylic acids is 1. The summed E-state index contributed by atoms with van der Waals surface area (Å²) >= 11 is 0. The quantitative estimate of drug-likeness (QED) is 0.334. The number of aryl methyl sites for hydroxylation is 1. The first-order valence-electron chi connectivity index (χ1n) is 11.1. The number of carboxylic acid groups (broad SMARTS) is 1. The topological polar surface area (TPSA) is 119 Å². The molecule has 0 atom stereocenters. The number of nitrogens with zero attached hydrogens (tertiary/aromatic N) is 1. The molecule has 35 heavy (non-hydrogen) atoms. The van der Waals surface area contributed by atoms with E-state index in [-0.39, 0.29) is 35.6 Å². The minimum atomic E-state index is -0.978. The molecule has 0 unspecified atom stereocenters. The number of methoxy groups -OCH3 is 1. The van der Waals surface area contributed by atoms with Crippen LogP contribution in [0.3, 0.4) is 0 Å². The number of fused-ring (bicyclic) bond motifs is 1. The predicted octanol–water partition coefficient (Wildman–Crippen LogP) is 4.07. The summed E-state index contributed by atoms with van der Waals surface area (Å²) in [5, 5.41) is 9.27. The first kappa shape index (κ1) is 23.7. The number of benzene rings is 3. The van der Waals surface area contributed by atoms with Gasteiger partial charge < -0.3 is 19.6 Å². The molecule has 0 radical (unpaired) electrons. The first-order valence-corrected chi connectivity index (χ1v) is 11.1. The van der Waals surface area contributed by atoms with Crippen molar-refractivity contribution >= 4 is 22.7 Å². The Balaban J connectivity index is 1.45. The van der Waals surface area contributed by atoms with Crippen LogP contribution >= 0.6 is 0 Å². The van der Waals surface area contributed by atoms with Crippen molar-refractivity contribution in [2.75, 3.05) is 13.7 Å². The van der Waals surface area contributed by atoms with Crippen LogP contribution in [0.5, 0.6) is 11.5 Å². The molecule has 4 aromatic rings. The van der Waals surface area contributed by atoms with Crippen molar-refractivity contribution in [3.63, 3.8) is 0 Å². The Morgan fingerprint density at radius 1 is 0.971 bits per heavy atom. The van der Waals surface area contributed by atoms with Gasteiger partial charge in [-0.05, 0) is 53.9 Å². The van der Waals surface area contributed by atoms with Gasteiger partial charge in [-0.1, -0.05) is 30.3 Å². The number of hydrogen-bond acceptors (Lipinski definition) is 6. The highest BCUT2D eigenvalue weighted by molar-refractivity contribution is 5.95.